The average Bonchev–Trinajstić information content (AvgIpc) is 2.12. The van der Waals surface area contributed by atoms with E-state index in [0.29, 0.717) is 10.9 Å². The van der Waals surface area contributed by atoms with E-state index < -0.39 is 0 Å². The maximum absolute atomic E-state index is 9.57. The Labute approximate surface area is 89.4 Å². The molecule has 2 aliphatic rings. The molecule has 0 spiro atoms. The number of aliphatic imine (C=N–C) groups is 1. The molecule has 68 valence electrons. The normalized spacial score (nSPS) is 31.7. The Balaban J connectivity index is 2.39. The van der Waals surface area contributed by atoms with Crippen LogP contribution in [0.4, 0.5) is 0 Å². The Morgan fingerprint density at radius 3 is 2.92 bits per heavy atom. The zero-order valence-corrected chi connectivity index (χ0v) is 8.96. The number of nitrogens with zero attached hydrogens (tertiary/aromatic N) is 1. The lowest BCUT2D eigenvalue weighted by Crippen LogP contribution is -2.21. The van der Waals surface area contributed by atoms with Gasteiger partial charge in [0.15, 0.2) is 0 Å². The van der Waals surface area contributed by atoms with Gasteiger partial charge in [0.2, 0.25) is 0 Å². The lowest BCUT2D eigenvalue weighted by Gasteiger charge is -2.25. The maximum Gasteiger partial charge on any atom is 0.125 e. The molecule has 0 saturated carbocycles. The summed E-state index contributed by atoms with van der Waals surface area (Å²) in [6.45, 7) is 0. The van der Waals surface area contributed by atoms with Crippen LogP contribution in [0.15, 0.2) is 38.6 Å². The number of fused-ring (bicyclic) bond motifs is 1. The minimum absolute atomic E-state index is 0.0654. The molecule has 0 radical (unpaired) electrons. The van der Waals surface area contributed by atoms with Crippen LogP contribution >= 0.6 is 27.5 Å². The average molecular weight is 261 g/mol. The van der Waals surface area contributed by atoms with Crippen molar-refractivity contribution in [2.24, 2.45) is 16.8 Å². The van der Waals surface area contributed by atoms with Crippen molar-refractivity contribution in [3.8, 4) is 0 Å². The van der Waals surface area contributed by atoms with Crippen LogP contribution in [0.5, 0.6) is 0 Å². The van der Waals surface area contributed by atoms with Crippen LogP contribution in [0.1, 0.15) is 0 Å². The molecule has 0 aromatic rings. The zero-order chi connectivity index (χ0) is 9.42. The quantitative estimate of drug-likeness (QED) is 0.667. The fourth-order valence-electron chi connectivity index (χ4n) is 1.44. The standard InChI is InChI=1S/C9H7BrClNO/c10-7-1-2-8(13)5-3-9(11)12-4-6(5)7/h1-6,13H. The van der Waals surface area contributed by atoms with Gasteiger partial charge in [0.1, 0.15) is 10.9 Å². The first-order valence-corrected chi connectivity index (χ1v) is 5.03. The summed E-state index contributed by atoms with van der Waals surface area (Å²) in [6, 6.07) is 0. The van der Waals surface area contributed by atoms with Gasteiger partial charge in [-0.15, -0.1) is 0 Å². The van der Waals surface area contributed by atoms with E-state index in [1.165, 1.54) is 0 Å². The largest absolute Gasteiger partial charge is 0.512 e. The Bertz CT molecular complexity index is 357. The molecule has 2 atom stereocenters. The van der Waals surface area contributed by atoms with E-state index in [4.69, 9.17) is 11.6 Å². The number of aliphatic hydroxyl groups is 1. The first-order chi connectivity index (χ1) is 6.18. The first-order valence-electron chi connectivity index (χ1n) is 3.86. The molecule has 2 nitrogen and oxygen atoms in total. The number of aliphatic hydroxyl groups excluding tert-OH is 1. The van der Waals surface area contributed by atoms with Gasteiger partial charge in [-0.3, -0.25) is 0 Å². The summed E-state index contributed by atoms with van der Waals surface area (Å²) in [5.41, 5.74) is 0. The van der Waals surface area contributed by atoms with Crippen molar-refractivity contribution in [2.45, 2.75) is 0 Å². The number of rotatable bonds is 0. The van der Waals surface area contributed by atoms with Crippen molar-refractivity contribution in [2.75, 3.05) is 0 Å². The summed E-state index contributed by atoms with van der Waals surface area (Å²) in [4.78, 5) is 3.99. The van der Waals surface area contributed by atoms with E-state index in [1.807, 2.05) is 6.08 Å². The van der Waals surface area contributed by atoms with E-state index >= 15 is 0 Å². The number of hydrogen-bond donors (Lipinski definition) is 1. The van der Waals surface area contributed by atoms with Gasteiger partial charge in [0.25, 0.3) is 0 Å². The van der Waals surface area contributed by atoms with Crippen LogP contribution in [0.25, 0.3) is 0 Å². The van der Waals surface area contributed by atoms with Crippen LogP contribution in [-0.2, 0) is 0 Å². The molecule has 1 N–H and O–H groups in total. The van der Waals surface area contributed by atoms with E-state index in [-0.39, 0.29) is 11.8 Å². The van der Waals surface area contributed by atoms with Crippen LogP contribution < -0.4 is 0 Å². The summed E-state index contributed by atoms with van der Waals surface area (Å²) in [6.07, 6.45) is 7.00. The second kappa shape index (κ2) is 3.31. The van der Waals surface area contributed by atoms with Crippen LogP contribution in [0.2, 0.25) is 0 Å². The molecule has 2 rings (SSSR count). The van der Waals surface area contributed by atoms with Gasteiger partial charge in [-0.2, -0.15) is 0 Å². The van der Waals surface area contributed by atoms with Gasteiger partial charge in [0, 0.05) is 22.5 Å². The van der Waals surface area contributed by atoms with Crippen LogP contribution in [-0.4, -0.2) is 11.3 Å². The molecule has 0 fully saturated rings. The second-order valence-electron chi connectivity index (χ2n) is 2.96. The molecule has 1 aliphatic heterocycles. The highest BCUT2D eigenvalue weighted by Gasteiger charge is 2.29. The Morgan fingerprint density at radius 1 is 1.38 bits per heavy atom. The number of halogens is 2. The second-order valence-corrected chi connectivity index (χ2v) is 4.27. The summed E-state index contributed by atoms with van der Waals surface area (Å²) in [5.74, 6) is 0.356. The van der Waals surface area contributed by atoms with Crippen LogP contribution in [0.3, 0.4) is 0 Å². The van der Waals surface area contributed by atoms with Gasteiger partial charge in [-0.25, -0.2) is 4.99 Å². The number of hydrogen-bond acceptors (Lipinski definition) is 2. The summed E-state index contributed by atoms with van der Waals surface area (Å²) >= 11 is 9.16. The van der Waals surface area contributed by atoms with Crippen molar-refractivity contribution in [1.82, 2.24) is 0 Å². The Morgan fingerprint density at radius 2 is 2.15 bits per heavy atom. The molecule has 2 unspecified atom stereocenters. The zero-order valence-electron chi connectivity index (χ0n) is 6.61. The molecule has 1 aliphatic carbocycles. The summed E-state index contributed by atoms with van der Waals surface area (Å²) in [7, 11) is 0. The lowest BCUT2D eigenvalue weighted by molar-refractivity contribution is 0.339. The van der Waals surface area contributed by atoms with Gasteiger partial charge in [-0.05, 0) is 18.2 Å². The smallest absolute Gasteiger partial charge is 0.125 e. The van der Waals surface area contributed by atoms with Crippen molar-refractivity contribution >= 4 is 33.7 Å². The first kappa shape index (κ1) is 9.03. The summed E-state index contributed by atoms with van der Waals surface area (Å²) < 4.78 is 1.01. The molecule has 0 amide bonds. The highest BCUT2D eigenvalue weighted by molar-refractivity contribution is 9.11. The minimum Gasteiger partial charge on any atom is -0.512 e. The monoisotopic (exact) mass is 259 g/mol. The fraction of sp³-hybridized carbons (Fsp3) is 0.222. The Kier molecular flexibility index (Phi) is 2.30. The fourth-order valence-corrected chi connectivity index (χ4v) is 2.17. The topological polar surface area (TPSA) is 32.6 Å². The third-order valence-corrected chi connectivity index (χ3v) is 3.15. The van der Waals surface area contributed by atoms with Crippen molar-refractivity contribution in [1.29, 1.82) is 0 Å². The maximum atomic E-state index is 9.57. The molecule has 4 heteroatoms. The van der Waals surface area contributed by atoms with Gasteiger partial charge in [-0.1, -0.05) is 27.5 Å². The van der Waals surface area contributed by atoms with Crippen LogP contribution in [0, 0.1) is 11.8 Å². The van der Waals surface area contributed by atoms with Gasteiger partial charge < -0.3 is 5.11 Å². The number of allylic oxidation sites excluding steroid dienone is 4. The third-order valence-electron chi connectivity index (χ3n) is 2.14. The Hall–Kier alpha value is -0.540. The van der Waals surface area contributed by atoms with Crippen molar-refractivity contribution in [3.63, 3.8) is 0 Å². The highest BCUT2D eigenvalue weighted by Crippen LogP contribution is 2.36. The lowest BCUT2D eigenvalue weighted by atomic mass is 9.86. The summed E-state index contributed by atoms with van der Waals surface area (Å²) in [5, 5.41) is 10.0. The molecular weight excluding hydrogens is 253 g/mol. The van der Waals surface area contributed by atoms with Crippen molar-refractivity contribution in [3.05, 3.63) is 33.6 Å². The molecule has 13 heavy (non-hydrogen) atoms. The predicted octanol–water partition coefficient (Wildman–Crippen LogP) is 3.12. The van der Waals surface area contributed by atoms with E-state index in [2.05, 4.69) is 20.9 Å². The minimum atomic E-state index is -0.0654. The third kappa shape index (κ3) is 1.58. The van der Waals surface area contributed by atoms with E-state index in [1.54, 1.807) is 18.4 Å². The molecular formula is C9H7BrClNO. The van der Waals surface area contributed by atoms with E-state index in [0.717, 1.165) is 4.48 Å². The molecule has 0 aromatic heterocycles. The van der Waals surface area contributed by atoms with E-state index in [9.17, 15) is 5.11 Å². The highest BCUT2D eigenvalue weighted by atomic mass is 79.9. The van der Waals surface area contributed by atoms with Crippen molar-refractivity contribution < 1.29 is 5.11 Å². The molecule has 1 heterocycles. The SMILES string of the molecule is OC1=CC=C(Br)C2C=NC(Cl)=CC12. The molecule has 0 bridgehead atoms. The molecule has 0 saturated heterocycles. The van der Waals surface area contributed by atoms with Gasteiger partial charge in [0.05, 0.1) is 0 Å². The predicted molar refractivity (Wildman–Crippen MR) is 57.1 cm³/mol. The molecule has 0 aromatic carbocycles. The van der Waals surface area contributed by atoms with Gasteiger partial charge >= 0.3 is 0 Å².